The topological polar surface area (TPSA) is 126 Å². The first-order valence-electron chi connectivity index (χ1n) is 7.33. The Labute approximate surface area is 153 Å². The fourth-order valence-corrected chi connectivity index (χ4v) is 3.92. The Morgan fingerprint density at radius 3 is 2.73 bits per heavy atom. The van der Waals surface area contributed by atoms with E-state index in [0.29, 0.717) is 28.7 Å². The molecule has 134 valence electrons. The number of hydrogen-bond donors (Lipinski definition) is 2. The van der Waals surface area contributed by atoms with Gasteiger partial charge in [0.15, 0.2) is 5.13 Å². The van der Waals surface area contributed by atoms with Crippen molar-refractivity contribution >= 4 is 43.8 Å². The van der Waals surface area contributed by atoms with Gasteiger partial charge in [0.1, 0.15) is 5.69 Å². The normalized spacial score (nSPS) is 11.2. The zero-order valence-corrected chi connectivity index (χ0v) is 15.4. The van der Waals surface area contributed by atoms with Crippen LogP contribution in [0, 0.1) is 11.8 Å². The molecule has 2 N–H and O–H groups in total. The van der Waals surface area contributed by atoms with Crippen molar-refractivity contribution < 1.29 is 8.42 Å². The van der Waals surface area contributed by atoms with Gasteiger partial charge >= 0.3 is 0 Å². The molecule has 0 unspecified atom stereocenters. The van der Waals surface area contributed by atoms with Crippen LogP contribution in [-0.4, -0.2) is 29.6 Å². The van der Waals surface area contributed by atoms with E-state index in [4.69, 9.17) is 0 Å². The van der Waals surface area contributed by atoms with Crippen molar-refractivity contribution in [3.05, 3.63) is 47.1 Å². The van der Waals surface area contributed by atoms with E-state index in [1.165, 1.54) is 11.3 Å². The first-order valence-corrected chi connectivity index (χ1v) is 10.0. The second-order valence-electron chi connectivity index (χ2n) is 5.34. The Kier molecular flexibility index (Phi) is 4.91. The van der Waals surface area contributed by atoms with E-state index in [9.17, 15) is 13.3 Å². The van der Waals surface area contributed by atoms with Gasteiger partial charge < -0.3 is 5.32 Å². The second kappa shape index (κ2) is 7.14. The number of aryl methyl sites for hydroxylation is 1. The third kappa shape index (κ3) is 4.37. The van der Waals surface area contributed by atoms with Crippen LogP contribution in [0.2, 0.25) is 0 Å². The maximum atomic E-state index is 11.4. The average molecular weight is 390 g/mol. The molecule has 0 spiro atoms. The van der Waals surface area contributed by atoms with Crippen LogP contribution in [0.4, 0.5) is 22.5 Å². The summed E-state index contributed by atoms with van der Waals surface area (Å²) in [6.07, 6.45) is 2.65. The number of hydrogen-bond acceptors (Lipinski definition) is 9. The van der Waals surface area contributed by atoms with Gasteiger partial charge in [-0.2, -0.15) is 0 Å². The Morgan fingerprint density at radius 2 is 2.00 bits per heavy atom. The summed E-state index contributed by atoms with van der Waals surface area (Å²) in [5.74, 6) is 0.330. The SMILES string of the molecule is Cc1nc(NS(C)(=O)=O)sc1-c1ccnc(Nc2cccc(N=O)c2)n1. The number of rotatable bonds is 6. The summed E-state index contributed by atoms with van der Waals surface area (Å²) in [5, 5.41) is 6.17. The van der Waals surface area contributed by atoms with Crippen LogP contribution >= 0.6 is 11.3 Å². The molecule has 0 amide bonds. The predicted molar refractivity (Wildman–Crippen MR) is 102 cm³/mol. The monoisotopic (exact) mass is 390 g/mol. The number of sulfonamides is 1. The molecule has 0 saturated carbocycles. The average Bonchev–Trinajstić information content (AvgIpc) is 2.93. The second-order valence-corrected chi connectivity index (χ2v) is 8.09. The van der Waals surface area contributed by atoms with Crippen LogP contribution in [-0.2, 0) is 10.0 Å². The minimum Gasteiger partial charge on any atom is -0.324 e. The minimum absolute atomic E-state index is 0.276. The first-order chi connectivity index (χ1) is 12.3. The molecule has 0 aliphatic heterocycles. The van der Waals surface area contributed by atoms with Crippen molar-refractivity contribution in [3.8, 4) is 10.6 Å². The molecule has 2 heterocycles. The number of benzene rings is 1. The van der Waals surface area contributed by atoms with E-state index in [0.717, 1.165) is 11.1 Å². The standard InChI is InChI=1S/C15H14N6O3S2/c1-9-13(25-15(17-9)21-26(2,23)24)12-6-7-16-14(19-12)18-10-4-3-5-11(8-10)20-22/h3-8H,1-2H3,(H,17,21)(H,16,18,19). The molecule has 26 heavy (non-hydrogen) atoms. The van der Waals surface area contributed by atoms with Crippen LogP contribution < -0.4 is 10.0 Å². The number of thiazole rings is 1. The van der Waals surface area contributed by atoms with Gasteiger partial charge in [0.2, 0.25) is 16.0 Å². The summed E-state index contributed by atoms with van der Waals surface area (Å²) in [7, 11) is -3.40. The zero-order valence-electron chi connectivity index (χ0n) is 13.8. The van der Waals surface area contributed by atoms with Gasteiger partial charge in [-0.1, -0.05) is 17.4 Å². The molecule has 0 aliphatic rings. The van der Waals surface area contributed by atoms with Crippen molar-refractivity contribution in [2.75, 3.05) is 16.3 Å². The minimum atomic E-state index is -3.40. The van der Waals surface area contributed by atoms with Crippen molar-refractivity contribution in [3.63, 3.8) is 0 Å². The summed E-state index contributed by atoms with van der Waals surface area (Å²) in [5.41, 5.74) is 2.17. The molecule has 3 aromatic rings. The Hall–Kier alpha value is -2.92. The molecular weight excluding hydrogens is 376 g/mol. The van der Waals surface area contributed by atoms with Crippen LogP contribution in [0.5, 0.6) is 0 Å². The van der Waals surface area contributed by atoms with Crippen LogP contribution in [0.25, 0.3) is 10.6 Å². The van der Waals surface area contributed by atoms with Gasteiger partial charge in [-0.05, 0) is 36.4 Å². The third-order valence-corrected chi connectivity index (χ3v) is 4.95. The molecule has 0 radical (unpaired) electrons. The summed E-state index contributed by atoms with van der Waals surface area (Å²) >= 11 is 1.18. The molecule has 0 bridgehead atoms. The highest BCUT2D eigenvalue weighted by molar-refractivity contribution is 7.92. The number of anilines is 3. The lowest BCUT2D eigenvalue weighted by Crippen LogP contribution is -2.08. The van der Waals surface area contributed by atoms with E-state index < -0.39 is 10.0 Å². The molecule has 0 atom stereocenters. The molecule has 0 fully saturated rings. The van der Waals surface area contributed by atoms with Crippen LogP contribution in [0.15, 0.2) is 41.7 Å². The largest absolute Gasteiger partial charge is 0.324 e. The molecule has 0 aliphatic carbocycles. The molecular formula is C15H14N6O3S2. The van der Waals surface area contributed by atoms with E-state index in [-0.39, 0.29) is 5.13 Å². The summed E-state index contributed by atoms with van der Waals surface area (Å²) < 4.78 is 25.1. The smallest absolute Gasteiger partial charge is 0.231 e. The maximum absolute atomic E-state index is 11.4. The third-order valence-electron chi connectivity index (χ3n) is 3.17. The maximum Gasteiger partial charge on any atom is 0.231 e. The summed E-state index contributed by atoms with van der Waals surface area (Å²) in [6, 6.07) is 8.33. The lowest BCUT2D eigenvalue weighted by atomic mass is 10.3. The molecule has 0 saturated heterocycles. The van der Waals surface area contributed by atoms with Gasteiger partial charge in [-0.15, -0.1) is 4.91 Å². The lowest BCUT2D eigenvalue weighted by molar-refractivity contribution is 0.607. The molecule has 1 aromatic carbocycles. The van der Waals surface area contributed by atoms with Gasteiger partial charge in [-0.3, -0.25) is 4.72 Å². The number of nitrogens with zero attached hydrogens (tertiary/aromatic N) is 4. The van der Waals surface area contributed by atoms with Crippen molar-refractivity contribution in [2.24, 2.45) is 5.18 Å². The summed E-state index contributed by atoms with van der Waals surface area (Å²) in [4.78, 5) is 24.1. The molecule has 3 rings (SSSR count). The van der Waals surface area contributed by atoms with E-state index in [1.54, 1.807) is 43.5 Å². The molecule has 9 nitrogen and oxygen atoms in total. The van der Waals surface area contributed by atoms with Crippen LogP contribution in [0.3, 0.4) is 0 Å². The quantitative estimate of drug-likeness (QED) is 0.617. The predicted octanol–water partition coefficient (Wildman–Crippen LogP) is 3.42. The molecule has 2 aromatic heterocycles. The van der Waals surface area contributed by atoms with Crippen molar-refractivity contribution in [2.45, 2.75) is 6.92 Å². The van der Waals surface area contributed by atoms with Gasteiger partial charge in [-0.25, -0.2) is 23.4 Å². The van der Waals surface area contributed by atoms with Gasteiger partial charge in [0.25, 0.3) is 0 Å². The van der Waals surface area contributed by atoms with Crippen LogP contribution in [0.1, 0.15) is 5.69 Å². The fourth-order valence-electron chi connectivity index (χ4n) is 2.15. The Morgan fingerprint density at radius 1 is 1.19 bits per heavy atom. The number of nitrogens with one attached hydrogen (secondary N) is 2. The molecule has 11 heteroatoms. The summed E-state index contributed by atoms with van der Waals surface area (Å²) in [6.45, 7) is 1.77. The fraction of sp³-hybridized carbons (Fsp3) is 0.133. The van der Waals surface area contributed by atoms with Gasteiger partial charge in [0.05, 0.1) is 22.5 Å². The van der Waals surface area contributed by atoms with Gasteiger partial charge in [0, 0.05) is 11.9 Å². The Bertz CT molecular complexity index is 1060. The van der Waals surface area contributed by atoms with Crippen molar-refractivity contribution in [1.29, 1.82) is 0 Å². The lowest BCUT2D eigenvalue weighted by Gasteiger charge is -2.06. The highest BCUT2D eigenvalue weighted by Crippen LogP contribution is 2.32. The van der Waals surface area contributed by atoms with E-state index in [1.807, 2.05) is 0 Å². The zero-order chi connectivity index (χ0) is 18.7. The number of nitroso groups, excluding NO2 is 1. The van der Waals surface area contributed by atoms with E-state index >= 15 is 0 Å². The Balaban J connectivity index is 1.88. The van der Waals surface area contributed by atoms with Crippen molar-refractivity contribution in [1.82, 2.24) is 15.0 Å². The highest BCUT2D eigenvalue weighted by atomic mass is 32.2. The highest BCUT2D eigenvalue weighted by Gasteiger charge is 2.14. The first kappa shape index (κ1) is 17.9. The number of aromatic nitrogens is 3. The van der Waals surface area contributed by atoms with E-state index in [2.05, 4.69) is 30.2 Å².